The van der Waals surface area contributed by atoms with Gasteiger partial charge in [0.05, 0.1) is 12.0 Å². The van der Waals surface area contributed by atoms with Crippen molar-refractivity contribution in [3.8, 4) is 0 Å². The summed E-state index contributed by atoms with van der Waals surface area (Å²) in [5.41, 5.74) is -1.32. The van der Waals surface area contributed by atoms with E-state index in [2.05, 4.69) is 25.1 Å². The summed E-state index contributed by atoms with van der Waals surface area (Å²) in [5.74, 6) is -1.77. The van der Waals surface area contributed by atoms with E-state index >= 15 is 0 Å². The SMILES string of the molecule is O=C(Cc1nonc1/C(Cc1ccc(F)c(C(F)(F)F)c1)=N/O)c1ccncc1. The zero-order valence-electron chi connectivity index (χ0n) is 14.5. The van der Waals surface area contributed by atoms with Crippen molar-refractivity contribution in [3.63, 3.8) is 0 Å². The summed E-state index contributed by atoms with van der Waals surface area (Å²) < 4.78 is 56.7. The highest BCUT2D eigenvalue weighted by molar-refractivity contribution is 6.03. The number of pyridine rings is 1. The van der Waals surface area contributed by atoms with Crippen molar-refractivity contribution in [1.82, 2.24) is 15.3 Å². The Morgan fingerprint density at radius 3 is 2.48 bits per heavy atom. The Morgan fingerprint density at radius 2 is 1.83 bits per heavy atom. The van der Waals surface area contributed by atoms with Gasteiger partial charge in [-0.1, -0.05) is 16.4 Å². The Hall–Kier alpha value is -3.63. The molecule has 0 saturated heterocycles. The number of hydrogen-bond donors (Lipinski definition) is 1. The van der Waals surface area contributed by atoms with E-state index in [1.54, 1.807) is 0 Å². The monoisotopic (exact) mass is 408 g/mol. The van der Waals surface area contributed by atoms with E-state index < -0.39 is 17.6 Å². The molecular weight excluding hydrogens is 396 g/mol. The Labute approximate surface area is 160 Å². The van der Waals surface area contributed by atoms with Gasteiger partial charge in [-0.25, -0.2) is 9.02 Å². The summed E-state index contributed by atoms with van der Waals surface area (Å²) in [6.07, 6.45) is -2.59. The van der Waals surface area contributed by atoms with E-state index in [1.807, 2.05) is 0 Å². The molecule has 0 amide bonds. The zero-order valence-corrected chi connectivity index (χ0v) is 14.5. The topological polar surface area (TPSA) is 101 Å². The van der Waals surface area contributed by atoms with Gasteiger partial charge >= 0.3 is 6.18 Å². The van der Waals surface area contributed by atoms with Gasteiger partial charge in [-0.3, -0.25) is 9.78 Å². The average Bonchev–Trinajstić information content (AvgIpc) is 3.15. The van der Waals surface area contributed by atoms with E-state index in [4.69, 9.17) is 0 Å². The van der Waals surface area contributed by atoms with Crippen LogP contribution in [0.1, 0.15) is 32.9 Å². The number of ketones is 1. The van der Waals surface area contributed by atoms with Crippen LogP contribution in [0.25, 0.3) is 0 Å². The van der Waals surface area contributed by atoms with Gasteiger partial charge in [-0.2, -0.15) is 13.2 Å². The molecule has 0 aliphatic heterocycles. The second kappa shape index (κ2) is 8.17. The molecule has 0 bridgehead atoms. The third-order valence-electron chi connectivity index (χ3n) is 3.99. The van der Waals surface area contributed by atoms with E-state index in [9.17, 15) is 27.6 Å². The molecule has 29 heavy (non-hydrogen) atoms. The molecule has 2 heterocycles. The normalized spacial score (nSPS) is 12.2. The number of benzene rings is 1. The number of hydrogen-bond acceptors (Lipinski definition) is 7. The largest absolute Gasteiger partial charge is 0.419 e. The molecule has 1 aromatic carbocycles. The van der Waals surface area contributed by atoms with Crippen molar-refractivity contribution < 1.29 is 32.2 Å². The molecule has 0 spiro atoms. The van der Waals surface area contributed by atoms with Crippen LogP contribution >= 0.6 is 0 Å². The average molecular weight is 408 g/mol. The highest BCUT2D eigenvalue weighted by atomic mass is 19.4. The number of nitrogens with zero attached hydrogens (tertiary/aromatic N) is 4. The highest BCUT2D eigenvalue weighted by Gasteiger charge is 2.34. The standard InChI is InChI=1S/C18H12F4N4O3/c19-13-2-1-10(7-12(13)18(20,21)22)8-14(24-28)17-15(25-29-26-17)9-16(27)11-3-5-23-6-4-11/h1-7,28H,8-9H2/b24-14+. The molecule has 1 N–H and O–H groups in total. The molecule has 0 radical (unpaired) electrons. The molecular formula is C18H12F4N4O3. The third kappa shape index (κ3) is 4.62. The highest BCUT2D eigenvalue weighted by Crippen LogP contribution is 2.32. The van der Waals surface area contributed by atoms with Gasteiger partial charge in [-0.05, 0) is 35.0 Å². The van der Waals surface area contributed by atoms with Crippen LogP contribution in [-0.2, 0) is 19.0 Å². The number of alkyl halides is 3. The van der Waals surface area contributed by atoms with Gasteiger partial charge in [0, 0.05) is 24.4 Å². The number of Topliss-reactive ketones (excluding diaryl/α,β-unsaturated/α-hetero) is 1. The van der Waals surface area contributed by atoms with Gasteiger partial charge in [0.2, 0.25) is 0 Å². The number of carbonyl (C=O) groups is 1. The molecule has 0 aliphatic carbocycles. The van der Waals surface area contributed by atoms with Crippen LogP contribution in [0.3, 0.4) is 0 Å². The lowest BCUT2D eigenvalue weighted by atomic mass is 10.0. The molecule has 0 fully saturated rings. The number of rotatable bonds is 6. The number of halogens is 4. The molecule has 3 rings (SSSR count). The molecule has 2 aromatic heterocycles. The molecule has 0 unspecified atom stereocenters. The van der Waals surface area contributed by atoms with Crippen molar-refractivity contribution in [2.24, 2.45) is 5.16 Å². The van der Waals surface area contributed by atoms with E-state index in [1.165, 1.54) is 24.5 Å². The minimum atomic E-state index is -4.88. The maximum atomic E-state index is 13.4. The number of oxime groups is 1. The minimum absolute atomic E-state index is 0.0148. The summed E-state index contributed by atoms with van der Waals surface area (Å²) in [7, 11) is 0. The lowest BCUT2D eigenvalue weighted by Crippen LogP contribution is -2.14. The van der Waals surface area contributed by atoms with Crippen molar-refractivity contribution in [2.45, 2.75) is 19.0 Å². The van der Waals surface area contributed by atoms with E-state index in [0.717, 1.165) is 6.07 Å². The predicted octanol–water partition coefficient (Wildman–Crippen LogP) is 3.47. The maximum absolute atomic E-state index is 13.4. The molecule has 0 saturated carbocycles. The fourth-order valence-corrected chi connectivity index (χ4v) is 2.59. The first-order valence-corrected chi connectivity index (χ1v) is 8.11. The molecule has 0 atom stereocenters. The summed E-state index contributed by atoms with van der Waals surface area (Å²) >= 11 is 0. The molecule has 0 aliphatic rings. The Bertz CT molecular complexity index is 1050. The second-order valence-electron chi connectivity index (χ2n) is 5.93. The van der Waals surface area contributed by atoms with Crippen molar-refractivity contribution in [2.75, 3.05) is 0 Å². The van der Waals surface area contributed by atoms with Gasteiger partial charge < -0.3 is 5.21 Å². The molecule has 3 aromatic rings. The zero-order chi connectivity index (χ0) is 21.0. The Balaban J connectivity index is 1.84. The van der Waals surface area contributed by atoms with Crippen LogP contribution in [0.15, 0.2) is 52.5 Å². The van der Waals surface area contributed by atoms with Crippen LogP contribution in [0.5, 0.6) is 0 Å². The van der Waals surface area contributed by atoms with Gasteiger partial charge in [0.1, 0.15) is 17.2 Å². The first kappa shape index (κ1) is 20.1. The lowest BCUT2D eigenvalue weighted by Gasteiger charge is -2.10. The quantitative estimate of drug-likeness (QED) is 0.220. The van der Waals surface area contributed by atoms with Gasteiger partial charge in [0.15, 0.2) is 11.5 Å². The van der Waals surface area contributed by atoms with Gasteiger partial charge in [-0.15, -0.1) is 0 Å². The molecule has 7 nitrogen and oxygen atoms in total. The third-order valence-corrected chi connectivity index (χ3v) is 3.99. The van der Waals surface area contributed by atoms with E-state index in [-0.39, 0.29) is 41.3 Å². The van der Waals surface area contributed by atoms with Crippen LogP contribution in [-0.4, -0.2) is 32.0 Å². The van der Waals surface area contributed by atoms with Crippen LogP contribution in [0, 0.1) is 5.82 Å². The van der Waals surface area contributed by atoms with Crippen molar-refractivity contribution in [1.29, 1.82) is 0 Å². The predicted molar refractivity (Wildman–Crippen MR) is 90.0 cm³/mol. The van der Waals surface area contributed by atoms with Crippen LogP contribution < -0.4 is 0 Å². The lowest BCUT2D eigenvalue weighted by molar-refractivity contribution is -0.140. The minimum Gasteiger partial charge on any atom is -0.411 e. The second-order valence-corrected chi connectivity index (χ2v) is 5.93. The molecule has 11 heteroatoms. The fraction of sp³-hybridized carbons (Fsp3) is 0.167. The number of aromatic nitrogens is 3. The Kier molecular flexibility index (Phi) is 5.66. The summed E-state index contributed by atoms with van der Waals surface area (Å²) in [4.78, 5) is 16.1. The summed E-state index contributed by atoms with van der Waals surface area (Å²) in [5, 5.41) is 19.5. The summed E-state index contributed by atoms with van der Waals surface area (Å²) in [6, 6.07) is 5.38. The van der Waals surface area contributed by atoms with Crippen LogP contribution in [0.2, 0.25) is 0 Å². The molecule has 150 valence electrons. The van der Waals surface area contributed by atoms with Gasteiger partial charge in [0.25, 0.3) is 0 Å². The smallest absolute Gasteiger partial charge is 0.411 e. The first-order valence-electron chi connectivity index (χ1n) is 8.11. The van der Waals surface area contributed by atoms with Crippen molar-refractivity contribution >= 4 is 11.5 Å². The number of carbonyl (C=O) groups excluding carboxylic acids is 1. The fourth-order valence-electron chi connectivity index (χ4n) is 2.59. The van der Waals surface area contributed by atoms with Crippen LogP contribution in [0.4, 0.5) is 17.6 Å². The maximum Gasteiger partial charge on any atom is 0.419 e. The summed E-state index contributed by atoms with van der Waals surface area (Å²) in [6.45, 7) is 0. The Morgan fingerprint density at radius 1 is 1.10 bits per heavy atom. The first-order chi connectivity index (χ1) is 13.8. The van der Waals surface area contributed by atoms with E-state index in [0.29, 0.717) is 17.7 Å². The van der Waals surface area contributed by atoms with Crippen molar-refractivity contribution in [3.05, 3.63) is 76.6 Å².